The molecular formula is C11H13BrO3S. The van der Waals surface area contributed by atoms with Crippen LogP contribution in [0.15, 0.2) is 22.7 Å². The fraction of sp³-hybridized carbons (Fsp3) is 0.364. The van der Waals surface area contributed by atoms with E-state index >= 15 is 0 Å². The number of rotatable bonds is 5. The third-order valence-electron chi connectivity index (χ3n) is 2.08. The summed E-state index contributed by atoms with van der Waals surface area (Å²) in [7, 11) is 0. The molecule has 0 saturated carbocycles. The van der Waals surface area contributed by atoms with Crippen molar-refractivity contribution in [1.29, 1.82) is 0 Å². The number of hydrogen-bond acceptors (Lipinski definition) is 3. The van der Waals surface area contributed by atoms with E-state index in [0.29, 0.717) is 0 Å². The number of carboxylic acids is 1. The molecule has 88 valence electrons. The van der Waals surface area contributed by atoms with Crippen molar-refractivity contribution in [2.45, 2.75) is 17.9 Å². The molecule has 0 aliphatic carbocycles. The SMILES string of the molecule is CC(CO)SCc1ccc(C(=O)O)cc1Br. The summed E-state index contributed by atoms with van der Waals surface area (Å²) >= 11 is 4.98. The van der Waals surface area contributed by atoms with Crippen LogP contribution in [0, 0.1) is 0 Å². The molecular weight excluding hydrogens is 292 g/mol. The number of aromatic carboxylic acids is 1. The number of halogens is 1. The van der Waals surface area contributed by atoms with E-state index in [2.05, 4.69) is 15.9 Å². The normalized spacial score (nSPS) is 12.4. The van der Waals surface area contributed by atoms with Gasteiger partial charge in [0.15, 0.2) is 0 Å². The molecule has 3 nitrogen and oxygen atoms in total. The van der Waals surface area contributed by atoms with E-state index in [1.807, 2.05) is 6.92 Å². The number of carbonyl (C=O) groups is 1. The zero-order valence-electron chi connectivity index (χ0n) is 8.81. The molecule has 2 N–H and O–H groups in total. The summed E-state index contributed by atoms with van der Waals surface area (Å²) in [5, 5.41) is 17.9. The van der Waals surface area contributed by atoms with Gasteiger partial charge in [-0.15, -0.1) is 0 Å². The molecule has 0 bridgehead atoms. The summed E-state index contributed by atoms with van der Waals surface area (Å²) in [6.45, 7) is 2.10. The first-order valence-corrected chi connectivity index (χ1v) is 6.63. The molecule has 0 heterocycles. The van der Waals surface area contributed by atoms with Crippen LogP contribution in [0.3, 0.4) is 0 Å². The topological polar surface area (TPSA) is 57.5 Å². The molecule has 0 aliphatic heterocycles. The van der Waals surface area contributed by atoms with E-state index in [1.54, 1.807) is 30.0 Å². The molecule has 16 heavy (non-hydrogen) atoms. The first-order valence-electron chi connectivity index (χ1n) is 4.78. The van der Waals surface area contributed by atoms with Gasteiger partial charge in [0.2, 0.25) is 0 Å². The minimum Gasteiger partial charge on any atom is -0.478 e. The van der Waals surface area contributed by atoms with Crippen molar-refractivity contribution in [2.24, 2.45) is 0 Å². The van der Waals surface area contributed by atoms with Crippen molar-refractivity contribution in [3.05, 3.63) is 33.8 Å². The van der Waals surface area contributed by atoms with Crippen molar-refractivity contribution in [2.75, 3.05) is 6.61 Å². The molecule has 1 rings (SSSR count). The number of carboxylic acid groups (broad SMARTS) is 1. The highest BCUT2D eigenvalue weighted by atomic mass is 79.9. The van der Waals surface area contributed by atoms with E-state index in [-0.39, 0.29) is 17.4 Å². The van der Waals surface area contributed by atoms with E-state index in [9.17, 15) is 4.79 Å². The van der Waals surface area contributed by atoms with E-state index < -0.39 is 5.97 Å². The Labute approximate surface area is 107 Å². The number of aliphatic hydroxyl groups excluding tert-OH is 1. The summed E-state index contributed by atoms with van der Waals surface area (Å²) in [6.07, 6.45) is 0. The van der Waals surface area contributed by atoms with Crippen LogP contribution in [0.1, 0.15) is 22.8 Å². The predicted molar refractivity (Wildman–Crippen MR) is 68.9 cm³/mol. The van der Waals surface area contributed by atoms with Gasteiger partial charge in [0.25, 0.3) is 0 Å². The molecule has 1 aromatic rings. The first kappa shape index (κ1) is 13.5. The Morgan fingerprint density at radius 1 is 1.56 bits per heavy atom. The maximum atomic E-state index is 10.7. The van der Waals surface area contributed by atoms with Crippen molar-refractivity contribution in [1.82, 2.24) is 0 Å². The van der Waals surface area contributed by atoms with Crippen LogP contribution >= 0.6 is 27.7 Å². The van der Waals surface area contributed by atoms with Gasteiger partial charge in [0.05, 0.1) is 12.2 Å². The monoisotopic (exact) mass is 304 g/mol. The Morgan fingerprint density at radius 2 is 2.25 bits per heavy atom. The molecule has 0 aromatic heterocycles. The predicted octanol–water partition coefficient (Wildman–Crippen LogP) is 2.76. The van der Waals surface area contributed by atoms with E-state index in [0.717, 1.165) is 15.8 Å². The average Bonchev–Trinajstić information content (AvgIpc) is 2.26. The van der Waals surface area contributed by atoms with Gasteiger partial charge in [-0.3, -0.25) is 0 Å². The number of thioether (sulfide) groups is 1. The minimum absolute atomic E-state index is 0.148. The highest BCUT2D eigenvalue weighted by Crippen LogP contribution is 2.25. The molecule has 0 spiro atoms. The molecule has 1 unspecified atom stereocenters. The lowest BCUT2D eigenvalue weighted by molar-refractivity contribution is 0.0697. The standard InChI is InChI=1S/C11H13BrO3S/c1-7(5-13)16-6-9-3-2-8(11(14)15)4-10(9)12/h2-4,7,13H,5-6H2,1H3,(H,14,15). The van der Waals surface area contributed by atoms with Crippen LogP contribution in [0.4, 0.5) is 0 Å². The molecule has 1 atom stereocenters. The lowest BCUT2D eigenvalue weighted by Crippen LogP contribution is -2.03. The third kappa shape index (κ3) is 3.81. The second-order valence-electron chi connectivity index (χ2n) is 3.42. The zero-order chi connectivity index (χ0) is 12.1. The number of hydrogen-bond donors (Lipinski definition) is 2. The Hall–Kier alpha value is -0.520. The van der Waals surface area contributed by atoms with Crippen molar-refractivity contribution < 1.29 is 15.0 Å². The first-order chi connectivity index (χ1) is 7.54. The van der Waals surface area contributed by atoms with Crippen LogP contribution in [0.5, 0.6) is 0 Å². The zero-order valence-corrected chi connectivity index (χ0v) is 11.2. The largest absolute Gasteiger partial charge is 0.478 e. The molecule has 1 aromatic carbocycles. The van der Waals surface area contributed by atoms with Crippen molar-refractivity contribution in [3.63, 3.8) is 0 Å². The van der Waals surface area contributed by atoms with Gasteiger partial charge in [-0.05, 0) is 17.7 Å². The van der Waals surface area contributed by atoms with Crippen LogP contribution in [-0.2, 0) is 5.75 Å². The van der Waals surface area contributed by atoms with Gasteiger partial charge >= 0.3 is 5.97 Å². The Bertz CT molecular complexity index is 381. The molecule has 0 amide bonds. The van der Waals surface area contributed by atoms with Crippen LogP contribution in [0.2, 0.25) is 0 Å². The van der Waals surface area contributed by atoms with Crippen LogP contribution in [-0.4, -0.2) is 28.0 Å². The quantitative estimate of drug-likeness (QED) is 0.878. The molecule has 0 saturated heterocycles. The lowest BCUT2D eigenvalue weighted by Gasteiger charge is -2.09. The molecule has 0 aliphatic rings. The second-order valence-corrected chi connectivity index (χ2v) is 5.70. The summed E-state index contributed by atoms with van der Waals surface area (Å²) < 4.78 is 0.796. The van der Waals surface area contributed by atoms with E-state index in [4.69, 9.17) is 10.2 Å². The Kier molecular flexibility index (Phi) is 5.31. The molecule has 0 radical (unpaired) electrons. The van der Waals surface area contributed by atoms with Gasteiger partial charge in [0.1, 0.15) is 0 Å². The smallest absolute Gasteiger partial charge is 0.335 e. The molecule has 5 heteroatoms. The van der Waals surface area contributed by atoms with Gasteiger partial charge < -0.3 is 10.2 Å². The van der Waals surface area contributed by atoms with Gasteiger partial charge in [-0.25, -0.2) is 4.79 Å². The van der Waals surface area contributed by atoms with Gasteiger partial charge in [-0.2, -0.15) is 11.8 Å². The lowest BCUT2D eigenvalue weighted by atomic mass is 10.1. The fourth-order valence-corrected chi connectivity index (χ4v) is 2.61. The summed E-state index contributed by atoms with van der Waals surface area (Å²) in [5.41, 5.74) is 1.31. The van der Waals surface area contributed by atoms with Crippen molar-refractivity contribution >= 4 is 33.7 Å². The average molecular weight is 305 g/mol. The van der Waals surface area contributed by atoms with Gasteiger partial charge in [0, 0.05) is 15.5 Å². The van der Waals surface area contributed by atoms with Gasteiger partial charge in [-0.1, -0.05) is 28.9 Å². The highest BCUT2D eigenvalue weighted by Gasteiger charge is 2.08. The summed E-state index contributed by atoms with van der Waals surface area (Å²) in [4.78, 5) is 10.7. The minimum atomic E-state index is -0.927. The number of benzene rings is 1. The van der Waals surface area contributed by atoms with Crippen molar-refractivity contribution in [3.8, 4) is 0 Å². The Balaban J connectivity index is 2.72. The second kappa shape index (κ2) is 6.27. The fourth-order valence-electron chi connectivity index (χ4n) is 1.08. The summed E-state index contributed by atoms with van der Waals surface area (Å²) in [5.74, 6) is -0.175. The third-order valence-corrected chi connectivity index (χ3v) is 4.01. The molecule has 0 fully saturated rings. The number of aliphatic hydroxyl groups is 1. The van der Waals surface area contributed by atoms with Crippen LogP contribution < -0.4 is 0 Å². The maximum Gasteiger partial charge on any atom is 0.335 e. The maximum absolute atomic E-state index is 10.7. The Morgan fingerprint density at radius 3 is 2.75 bits per heavy atom. The highest BCUT2D eigenvalue weighted by molar-refractivity contribution is 9.10. The van der Waals surface area contributed by atoms with E-state index in [1.165, 1.54) is 0 Å². The summed E-state index contributed by atoms with van der Waals surface area (Å²) in [6, 6.07) is 4.99. The van der Waals surface area contributed by atoms with Crippen LogP contribution in [0.25, 0.3) is 0 Å².